The van der Waals surface area contributed by atoms with Gasteiger partial charge in [-0.1, -0.05) is 54.6 Å². The highest BCUT2D eigenvalue weighted by molar-refractivity contribution is 5.99. The first-order valence-electron chi connectivity index (χ1n) is 12.3. The fourth-order valence-electron chi connectivity index (χ4n) is 3.96. The Morgan fingerprint density at radius 2 is 1.54 bits per heavy atom. The first-order chi connectivity index (χ1) is 17.8. The van der Waals surface area contributed by atoms with Crippen LogP contribution in [0.3, 0.4) is 0 Å². The summed E-state index contributed by atoms with van der Waals surface area (Å²) in [6, 6.07) is 25.0. The van der Waals surface area contributed by atoms with Crippen molar-refractivity contribution in [3.05, 3.63) is 102 Å². The number of anilines is 1. The monoisotopic (exact) mass is 495 g/mol. The van der Waals surface area contributed by atoms with Crippen molar-refractivity contribution in [2.75, 3.05) is 39.0 Å². The SMILES string of the molecule is Cc1ccc(-n2cc(-c3ccccc3)nc2NC(=O)CN(CCN(C)C)C(=O)c2ccccc2)cc1C. The lowest BCUT2D eigenvalue weighted by atomic mass is 10.1. The molecule has 0 aliphatic rings. The zero-order valence-corrected chi connectivity index (χ0v) is 21.8. The van der Waals surface area contributed by atoms with Crippen molar-refractivity contribution in [1.29, 1.82) is 0 Å². The van der Waals surface area contributed by atoms with Gasteiger partial charge in [0.2, 0.25) is 11.9 Å². The zero-order chi connectivity index (χ0) is 26.4. The quantitative estimate of drug-likeness (QED) is 0.362. The summed E-state index contributed by atoms with van der Waals surface area (Å²) < 4.78 is 1.88. The number of nitrogens with zero attached hydrogens (tertiary/aromatic N) is 4. The molecule has 0 saturated heterocycles. The largest absolute Gasteiger partial charge is 0.328 e. The van der Waals surface area contributed by atoms with Gasteiger partial charge in [0.05, 0.1) is 5.69 Å². The first kappa shape index (κ1) is 25.9. The minimum absolute atomic E-state index is 0.0813. The molecule has 0 aliphatic carbocycles. The van der Waals surface area contributed by atoms with Gasteiger partial charge in [0.1, 0.15) is 6.54 Å². The second-order valence-corrected chi connectivity index (χ2v) is 9.40. The fourth-order valence-corrected chi connectivity index (χ4v) is 3.96. The standard InChI is InChI=1S/C30H33N5O2/c1-22-15-16-26(19-23(22)2)35-20-27(24-11-7-5-8-12-24)31-30(35)32-28(36)21-34(18-17-33(3)4)29(37)25-13-9-6-10-14-25/h5-16,19-20H,17-18,21H2,1-4H3,(H,31,32,36). The molecule has 0 spiro atoms. The molecule has 2 amide bonds. The highest BCUT2D eigenvalue weighted by atomic mass is 16.2. The predicted octanol–water partition coefficient (Wildman–Crippen LogP) is 4.80. The maximum atomic E-state index is 13.3. The summed E-state index contributed by atoms with van der Waals surface area (Å²) in [4.78, 5) is 34.8. The van der Waals surface area contributed by atoms with Gasteiger partial charge in [-0.15, -0.1) is 0 Å². The lowest BCUT2D eigenvalue weighted by Gasteiger charge is -2.24. The van der Waals surface area contributed by atoms with Crippen molar-refractivity contribution < 1.29 is 9.59 Å². The van der Waals surface area contributed by atoms with Crippen molar-refractivity contribution in [2.24, 2.45) is 0 Å². The summed E-state index contributed by atoms with van der Waals surface area (Å²) in [6.45, 7) is 5.11. The van der Waals surface area contributed by atoms with Crippen LogP contribution in [-0.2, 0) is 4.79 Å². The average Bonchev–Trinajstić information content (AvgIpc) is 3.32. The van der Waals surface area contributed by atoms with Crippen molar-refractivity contribution in [1.82, 2.24) is 19.4 Å². The van der Waals surface area contributed by atoms with Crippen LogP contribution in [0.1, 0.15) is 21.5 Å². The molecule has 1 heterocycles. The summed E-state index contributed by atoms with van der Waals surface area (Å²) >= 11 is 0. The third kappa shape index (κ3) is 6.51. The van der Waals surface area contributed by atoms with E-state index in [0.717, 1.165) is 22.5 Å². The van der Waals surface area contributed by atoms with Crippen LogP contribution >= 0.6 is 0 Å². The van der Waals surface area contributed by atoms with Crippen LogP contribution in [0.15, 0.2) is 85.1 Å². The van der Waals surface area contributed by atoms with E-state index in [0.29, 0.717) is 24.6 Å². The lowest BCUT2D eigenvalue weighted by Crippen LogP contribution is -2.41. The van der Waals surface area contributed by atoms with Crippen molar-refractivity contribution in [3.8, 4) is 16.9 Å². The maximum Gasteiger partial charge on any atom is 0.254 e. The Morgan fingerprint density at radius 1 is 0.865 bits per heavy atom. The van der Waals surface area contributed by atoms with E-state index in [-0.39, 0.29) is 18.4 Å². The number of amides is 2. The van der Waals surface area contributed by atoms with Gasteiger partial charge in [0, 0.05) is 36.1 Å². The number of imidazole rings is 1. The summed E-state index contributed by atoms with van der Waals surface area (Å²) in [6.07, 6.45) is 1.92. The molecular weight excluding hydrogens is 462 g/mol. The number of rotatable bonds is 9. The third-order valence-electron chi connectivity index (χ3n) is 6.25. The highest BCUT2D eigenvalue weighted by Gasteiger charge is 2.21. The molecule has 3 aromatic carbocycles. The molecular formula is C30H33N5O2. The molecule has 0 fully saturated rings. The van der Waals surface area contributed by atoms with Crippen LogP contribution in [-0.4, -0.2) is 64.9 Å². The Labute approximate surface area is 218 Å². The molecule has 0 radical (unpaired) electrons. The normalized spacial score (nSPS) is 10.9. The molecule has 0 aliphatic heterocycles. The Hall–Kier alpha value is -4.23. The summed E-state index contributed by atoms with van der Waals surface area (Å²) in [5.41, 5.74) is 5.49. The van der Waals surface area contributed by atoms with Crippen LogP contribution in [0, 0.1) is 13.8 Å². The molecule has 37 heavy (non-hydrogen) atoms. The Balaban J connectivity index is 1.62. The van der Waals surface area contributed by atoms with E-state index in [9.17, 15) is 9.59 Å². The minimum atomic E-state index is -0.307. The van der Waals surface area contributed by atoms with Gasteiger partial charge in [-0.05, 0) is 63.3 Å². The second-order valence-electron chi connectivity index (χ2n) is 9.40. The van der Waals surface area contributed by atoms with Crippen LogP contribution in [0.5, 0.6) is 0 Å². The molecule has 0 saturated carbocycles. The third-order valence-corrected chi connectivity index (χ3v) is 6.25. The van der Waals surface area contributed by atoms with Crippen molar-refractivity contribution >= 4 is 17.8 Å². The van der Waals surface area contributed by atoms with Crippen molar-refractivity contribution in [3.63, 3.8) is 0 Å². The van der Waals surface area contributed by atoms with Gasteiger partial charge in [0.15, 0.2) is 0 Å². The molecule has 190 valence electrons. The van der Waals surface area contributed by atoms with Crippen LogP contribution < -0.4 is 5.32 Å². The van der Waals surface area contributed by atoms with Gasteiger partial charge in [-0.2, -0.15) is 0 Å². The van der Waals surface area contributed by atoms with E-state index in [1.165, 1.54) is 5.56 Å². The number of likely N-dealkylation sites (N-methyl/N-ethyl adjacent to an activating group) is 1. The van der Waals surface area contributed by atoms with E-state index < -0.39 is 0 Å². The molecule has 1 aromatic heterocycles. The van der Waals surface area contributed by atoms with Gasteiger partial charge in [0.25, 0.3) is 5.91 Å². The molecule has 0 bridgehead atoms. The predicted molar refractivity (Wildman–Crippen MR) is 148 cm³/mol. The van der Waals surface area contributed by atoms with Gasteiger partial charge in [-0.3, -0.25) is 19.5 Å². The van der Waals surface area contributed by atoms with E-state index >= 15 is 0 Å². The average molecular weight is 496 g/mol. The molecule has 0 atom stereocenters. The lowest BCUT2D eigenvalue weighted by molar-refractivity contribution is -0.117. The smallest absolute Gasteiger partial charge is 0.254 e. The molecule has 1 N–H and O–H groups in total. The molecule has 4 rings (SSSR count). The molecule has 7 heteroatoms. The van der Waals surface area contributed by atoms with Crippen LogP contribution in [0.2, 0.25) is 0 Å². The maximum absolute atomic E-state index is 13.3. The fraction of sp³-hybridized carbons (Fsp3) is 0.233. The summed E-state index contributed by atoms with van der Waals surface area (Å²) in [5.74, 6) is -0.0785. The topological polar surface area (TPSA) is 70.5 Å². The Morgan fingerprint density at radius 3 is 2.19 bits per heavy atom. The van der Waals surface area contributed by atoms with E-state index in [2.05, 4.69) is 31.3 Å². The molecule has 0 unspecified atom stereocenters. The Kier molecular flexibility index (Phi) is 8.15. The number of carbonyl (C=O) groups is 2. The second kappa shape index (κ2) is 11.7. The van der Waals surface area contributed by atoms with Gasteiger partial charge < -0.3 is 9.80 Å². The molecule has 7 nitrogen and oxygen atoms in total. The number of hydrogen-bond acceptors (Lipinski definition) is 4. The van der Waals surface area contributed by atoms with E-state index in [1.54, 1.807) is 17.0 Å². The van der Waals surface area contributed by atoms with Gasteiger partial charge in [-0.25, -0.2) is 4.98 Å². The minimum Gasteiger partial charge on any atom is -0.328 e. The van der Waals surface area contributed by atoms with E-state index in [4.69, 9.17) is 4.98 Å². The Bertz CT molecular complexity index is 1360. The van der Waals surface area contributed by atoms with Crippen molar-refractivity contribution in [2.45, 2.75) is 13.8 Å². The first-order valence-corrected chi connectivity index (χ1v) is 12.3. The number of carbonyl (C=O) groups excluding carboxylic acids is 2. The number of benzene rings is 3. The number of nitrogens with one attached hydrogen (secondary N) is 1. The van der Waals surface area contributed by atoms with Gasteiger partial charge >= 0.3 is 0 Å². The summed E-state index contributed by atoms with van der Waals surface area (Å²) in [5, 5.41) is 2.96. The number of aromatic nitrogens is 2. The van der Waals surface area contributed by atoms with Crippen LogP contribution in [0.25, 0.3) is 16.9 Å². The number of aryl methyl sites for hydroxylation is 2. The van der Waals surface area contributed by atoms with Crippen LogP contribution in [0.4, 0.5) is 5.95 Å². The summed E-state index contributed by atoms with van der Waals surface area (Å²) in [7, 11) is 3.88. The number of hydrogen-bond donors (Lipinski definition) is 1. The van der Waals surface area contributed by atoms with E-state index in [1.807, 2.05) is 84.4 Å². The zero-order valence-electron chi connectivity index (χ0n) is 21.8. The highest BCUT2D eigenvalue weighted by Crippen LogP contribution is 2.25. The molecule has 4 aromatic rings.